The molecule has 1 fully saturated rings. The third kappa shape index (κ3) is 3.05. The van der Waals surface area contributed by atoms with Gasteiger partial charge in [-0.15, -0.1) is 0 Å². The molecule has 1 aliphatic rings. The number of piperazine rings is 1. The van der Waals surface area contributed by atoms with Crippen LogP contribution in [0.5, 0.6) is 0 Å². The van der Waals surface area contributed by atoms with Gasteiger partial charge < -0.3 is 10.2 Å². The smallest absolute Gasteiger partial charge is 0.0755 e. The third-order valence-corrected chi connectivity index (χ3v) is 3.68. The highest BCUT2D eigenvalue weighted by Crippen LogP contribution is 2.21. The standard InChI is InChI=1S/C14H26N4/c1-5-17-10-14(8-16-17)18-9-13(6-11(2)3)15-7-12(18)4/h8,10-13,15H,5-7,9H2,1-4H3. The number of nitrogens with one attached hydrogen (secondary N) is 1. The maximum Gasteiger partial charge on any atom is 0.0755 e. The van der Waals surface area contributed by atoms with Crippen LogP contribution in [-0.2, 0) is 6.54 Å². The average Bonchev–Trinajstić information content (AvgIpc) is 2.79. The zero-order valence-corrected chi connectivity index (χ0v) is 12.1. The van der Waals surface area contributed by atoms with Gasteiger partial charge in [0, 0.05) is 37.9 Å². The molecule has 2 rings (SSSR count). The van der Waals surface area contributed by atoms with Gasteiger partial charge >= 0.3 is 0 Å². The summed E-state index contributed by atoms with van der Waals surface area (Å²) in [6.07, 6.45) is 5.40. The number of hydrogen-bond donors (Lipinski definition) is 1. The molecule has 0 aromatic carbocycles. The Bertz CT molecular complexity index is 372. The molecule has 0 spiro atoms. The molecular formula is C14H26N4. The number of anilines is 1. The van der Waals surface area contributed by atoms with E-state index in [9.17, 15) is 0 Å². The van der Waals surface area contributed by atoms with Crippen LogP contribution in [0.2, 0.25) is 0 Å². The van der Waals surface area contributed by atoms with Crippen LogP contribution in [0.4, 0.5) is 5.69 Å². The van der Waals surface area contributed by atoms with Gasteiger partial charge in [0.15, 0.2) is 0 Å². The molecule has 18 heavy (non-hydrogen) atoms. The highest BCUT2D eigenvalue weighted by Gasteiger charge is 2.26. The quantitative estimate of drug-likeness (QED) is 0.888. The summed E-state index contributed by atoms with van der Waals surface area (Å²) in [4.78, 5) is 2.49. The van der Waals surface area contributed by atoms with E-state index in [0.717, 1.165) is 25.6 Å². The Morgan fingerprint density at radius 3 is 2.89 bits per heavy atom. The fraction of sp³-hybridized carbons (Fsp3) is 0.786. The first kappa shape index (κ1) is 13.4. The fourth-order valence-electron chi connectivity index (χ4n) is 2.69. The van der Waals surface area contributed by atoms with Gasteiger partial charge in [-0.1, -0.05) is 13.8 Å². The van der Waals surface area contributed by atoms with E-state index in [2.05, 4.69) is 49.2 Å². The van der Waals surface area contributed by atoms with Crippen LogP contribution in [0.15, 0.2) is 12.4 Å². The van der Waals surface area contributed by atoms with Gasteiger partial charge in [-0.3, -0.25) is 4.68 Å². The summed E-state index contributed by atoms with van der Waals surface area (Å²) < 4.78 is 2.00. The molecule has 1 aromatic rings. The molecule has 0 radical (unpaired) electrons. The molecular weight excluding hydrogens is 224 g/mol. The van der Waals surface area contributed by atoms with E-state index in [4.69, 9.17) is 0 Å². The second-order valence-corrected chi connectivity index (χ2v) is 5.79. The SMILES string of the molecule is CCn1cc(N2CC(CC(C)C)NCC2C)cn1. The maximum absolute atomic E-state index is 4.38. The van der Waals surface area contributed by atoms with Crippen molar-refractivity contribution < 1.29 is 0 Å². The van der Waals surface area contributed by atoms with Gasteiger partial charge in [0.2, 0.25) is 0 Å². The fourth-order valence-corrected chi connectivity index (χ4v) is 2.69. The van der Waals surface area contributed by atoms with Gasteiger partial charge in [-0.05, 0) is 26.2 Å². The Kier molecular flexibility index (Phi) is 4.27. The maximum atomic E-state index is 4.38. The molecule has 1 saturated heterocycles. The summed E-state index contributed by atoms with van der Waals surface area (Å²) in [5.74, 6) is 0.746. The Morgan fingerprint density at radius 1 is 1.50 bits per heavy atom. The lowest BCUT2D eigenvalue weighted by atomic mass is 10.00. The van der Waals surface area contributed by atoms with Gasteiger partial charge in [-0.25, -0.2) is 0 Å². The van der Waals surface area contributed by atoms with Crippen LogP contribution in [-0.4, -0.2) is 35.0 Å². The number of rotatable bonds is 4. The van der Waals surface area contributed by atoms with Crippen molar-refractivity contribution in [3.8, 4) is 0 Å². The molecule has 2 unspecified atom stereocenters. The summed E-state index contributed by atoms with van der Waals surface area (Å²) >= 11 is 0. The summed E-state index contributed by atoms with van der Waals surface area (Å²) in [6, 6.07) is 1.15. The lowest BCUT2D eigenvalue weighted by Crippen LogP contribution is -2.55. The molecule has 0 aliphatic carbocycles. The second kappa shape index (κ2) is 5.74. The normalized spacial score (nSPS) is 24.8. The van der Waals surface area contributed by atoms with Gasteiger partial charge in [0.25, 0.3) is 0 Å². The predicted octanol–water partition coefficient (Wildman–Crippen LogP) is 2.12. The second-order valence-electron chi connectivity index (χ2n) is 5.79. The van der Waals surface area contributed by atoms with Crippen molar-refractivity contribution >= 4 is 5.69 Å². The summed E-state index contributed by atoms with van der Waals surface area (Å²) in [5, 5.41) is 8.04. The van der Waals surface area contributed by atoms with Crippen molar-refractivity contribution in [2.75, 3.05) is 18.0 Å². The van der Waals surface area contributed by atoms with Crippen molar-refractivity contribution in [1.82, 2.24) is 15.1 Å². The van der Waals surface area contributed by atoms with E-state index in [0.29, 0.717) is 12.1 Å². The molecule has 102 valence electrons. The monoisotopic (exact) mass is 250 g/mol. The van der Waals surface area contributed by atoms with E-state index in [1.807, 2.05) is 10.9 Å². The van der Waals surface area contributed by atoms with Crippen LogP contribution in [0.1, 0.15) is 34.1 Å². The lowest BCUT2D eigenvalue weighted by Gasteiger charge is -2.40. The molecule has 1 N–H and O–H groups in total. The Labute approximate surface area is 110 Å². The number of nitrogens with zero attached hydrogens (tertiary/aromatic N) is 3. The molecule has 2 heterocycles. The summed E-state index contributed by atoms with van der Waals surface area (Å²) in [6.45, 7) is 12.1. The van der Waals surface area contributed by atoms with Crippen molar-refractivity contribution in [3.63, 3.8) is 0 Å². The van der Waals surface area contributed by atoms with Crippen molar-refractivity contribution in [3.05, 3.63) is 12.4 Å². The molecule has 0 saturated carbocycles. The Balaban J connectivity index is 2.05. The van der Waals surface area contributed by atoms with Crippen LogP contribution in [0.25, 0.3) is 0 Å². The minimum absolute atomic E-state index is 0.544. The van der Waals surface area contributed by atoms with Gasteiger partial charge in [0.1, 0.15) is 0 Å². The van der Waals surface area contributed by atoms with Gasteiger partial charge in [-0.2, -0.15) is 5.10 Å². The molecule has 1 aromatic heterocycles. The molecule has 0 amide bonds. The zero-order chi connectivity index (χ0) is 13.1. The molecule has 0 bridgehead atoms. The highest BCUT2D eigenvalue weighted by atomic mass is 15.3. The van der Waals surface area contributed by atoms with Crippen molar-refractivity contribution in [1.29, 1.82) is 0 Å². The number of hydrogen-bond acceptors (Lipinski definition) is 3. The first-order valence-corrected chi connectivity index (χ1v) is 7.12. The number of aryl methyl sites for hydroxylation is 1. The van der Waals surface area contributed by atoms with E-state index >= 15 is 0 Å². The largest absolute Gasteiger partial charge is 0.363 e. The van der Waals surface area contributed by atoms with E-state index < -0.39 is 0 Å². The third-order valence-electron chi connectivity index (χ3n) is 3.68. The van der Waals surface area contributed by atoms with Crippen LogP contribution >= 0.6 is 0 Å². The van der Waals surface area contributed by atoms with Crippen LogP contribution in [0.3, 0.4) is 0 Å². The van der Waals surface area contributed by atoms with Gasteiger partial charge in [0.05, 0.1) is 11.9 Å². The van der Waals surface area contributed by atoms with Crippen molar-refractivity contribution in [2.24, 2.45) is 5.92 Å². The average molecular weight is 250 g/mol. The van der Waals surface area contributed by atoms with E-state index in [1.54, 1.807) is 0 Å². The topological polar surface area (TPSA) is 33.1 Å². The van der Waals surface area contributed by atoms with E-state index in [-0.39, 0.29) is 0 Å². The molecule has 4 nitrogen and oxygen atoms in total. The van der Waals surface area contributed by atoms with Crippen LogP contribution < -0.4 is 10.2 Å². The zero-order valence-electron chi connectivity index (χ0n) is 12.1. The molecule has 4 heteroatoms. The first-order chi connectivity index (χ1) is 8.60. The summed E-state index contributed by atoms with van der Waals surface area (Å²) in [7, 11) is 0. The molecule has 1 aliphatic heterocycles. The minimum atomic E-state index is 0.544. The predicted molar refractivity (Wildman–Crippen MR) is 76.0 cm³/mol. The number of aromatic nitrogens is 2. The Hall–Kier alpha value is -1.03. The first-order valence-electron chi connectivity index (χ1n) is 7.12. The van der Waals surface area contributed by atoms with Crippen LogP contribution in [0, 0.1) is 5.92 Å². The van der Waals surface area contributed by atoms with Crippen molar-refractivity contribution in [2.45, 2.75) is 52.7 Å². The lowest BCUT2D eigenvalue weighted by molar-refractivity contribution is 0.356. The minimum Gasteiger partial charge on any atom is -0.363 e. The molecule has 2 atom stereocenters. The Morgan fingerprint density at radius 2 is 2.28 bits per heavy atom. The highest BCUT2D eigenvalue weighted by molar-refractivity contribution is 5.44. The summed E-state index contributed by atoms with van der Waals surface area (Å²) in [5.41, 5.74) is 1.26. The van der Waals surface area contributed by atoms with E-state index in [1.165, 1.54) is 12.1 Å².